The quantitative estimate of drug-likeness (QED) is 0.645. The molecule has 0 bridgehead atoms. The topological polar surface area (TPSA) is 20.2 Å². The van der Waals surface area contributed by atoms with Crippen LogP contribution in [0.25, 0.3) is 0 Å². The molecule has 1 atom stereocenters. The molecule has 0 aromatic heterocycles. The summed E-state index contributed by atoms with van der Waals surface area (Å²) in [6, 6.07) is 0. The van der Waals surface area contributed by atoms with Gasteiger partial charge in [-0.3, -0.25) is 0 Å². The molecule has 0 spiro atoms. The van der Waals surface area contributed by atoms with Crippen molar-refractivity contribution >= 4 is 0 Å². The van der Waals surface area contributed by atoms with Gasteiger partial charge in [-0.1, -0.05) is 19.4 Å². The molecule has 2 heteroatoms. The van der Waals surface area contributed by atoms with E-state index in [9.17, 15) is 9.50 Å². The van der Waals surface area contributed by atoms with Gasteiger partial charge in [-0.05, 0) is 19.8 Å². The fraction of sp³-hybridized carbons (Fsp3) is 0.750. The second-order valence-electron chi connectivity index (χ2n) is 2.81. The molecule has 0 aliphatic rings. The van der Waals surface area contributed by atoms with Crippen molar-refractivity contribution in [1.29, 1.82) is 0 Å². The van der Waals surface area contributed by atoms with E-state index >= 15 is 0 Å². The Morgan fingerprint density at radius 1 is 1.60 bits per heavy atom. The maximum Gasteiger partial charge on any atom is 0.0828 e. The number of hydrogen-bond acceptors (Lipinski definition) is 1. The molecule has 0 rings (SSSR count). The average Bonchev–Trinajstić information content (AvgIpc) is 1.84. The predicted molar refractivity (Wildman–Crippen MR) is 40.4 cm³/mol. The predicted octanol–water partition coefficient (Wildman–Crippen LogP) is 2.41. The van der Waals surface area contributed by atoms with E-state index in [1.54, 1.807) is 6.92 Å². The highest BCUT2D eigenvalue weighted by molar-refractivity contribution is 4.84. The molecule has 0 fully saturated rings. The molecule has 1 nitrogen and oxygen atoms in total. The van der Waals surface area contributed by atoms with Gasteiger partial charge in [0.25, 0.3) is 0 Å². The minimum atomic E-state index is -0.725. The zero-order chi connectivity index (χ0) is 8.04. The van der Waals surface area contributed by atoms with Crippen LogP contribution in [0.2, 0.25) is 0 Å². The molecule has 0 amide bonds. The fourth-order valence-electron chi connectivity index (χ4n) is 0.939. The largest absolute Gasteiger partial charge is 0.390 e. The van der Waals surface area contributed by atoms with Gasteiger partial charge in [-0.2, -0.15) is 0 Å². The summed E-state index contributed by atoms with van der Waals surface area (Å²) in [5, 5.41) is 9.43. The summed E-state index contributed by atoms with van der Waals surface area (Å²) in [5.74, 6) is 0. The molecule has 0 saturated carbocycles. The van der Waals surface area contributed by atoms with Gasteiger partial charge in [0.15, 0.2) is 0 Å². The van der Waals surface area contributed by atoms with Crippen molar-refractivity contribution in [3.05, 3.63) is 12.4 Å². The Kier molecular flexibility index (Phi) is 4.28. The normalized spacial score (nSPS) is 17.6. The van der Waals surface area contributed by atoms with Gasteiger partial charge in [0.2, 0.25) is 0 Å². The summed E-state index contributed by atoms with van der Waals surface area (Å²) in [4.78, 5) is 0. The number of aliphatic hydroxyl groups is 1. The third-order valence-electron chi connectivity index (χ3n) is 1.44. The third kappa shape index (κ3) is 4.50. The van der Waals surface area contributed by atoms with Crippen molar-refractivity contribution in [3.8, 4) is 0 Å². The molecular weight excluding hydrogens is 131 g/mol. The maximum absolute atomic E-state index is 11.5. The van der Waals surface area contributed by atoms with Crippen LogP contribution >= 0.6 is 0 Å². The molecule has 0 saturated heterocycles. The molecule has 1 N–H and O–H groups in total. The lowest BCUT2D eigenvalue weighted by Crippen LogP contribution is -2.22. The highest BCUT2D eigenvalue weighted by Crippen LogP contribution is 2.16. The van der Waals surface area contributed by atoms with E-state index in [2.05, 4.69) is 0 Å². The smallest absolute Gasteiger partial charge is 0.0828 e. The molecular formula is C8H15FO. The van der Waals surface area contributed by atoms with Crippen molar-refractivity contribution < 1.29 is 9.50 Å². The molecule has 0 aromatic rings. The van der Waals surface area contributed by atoms with Crippen LogP contribution < -0.4 is 0 Å². The lowest BCUT2D eigenvalue weighted by atomic mass is 9.97. The summed E-state index contributed by atoms with van der Waals surface area (Å²) in [6.07, 6.45) is 3.86. The summed E-state index contributed by atoms with van der Waals surface area (Å²) in [7, 11) is 0. The van der Waals surface area contributed by atoms with E-state index in [1.807, 2.05) is 6.92 Å². The number of rotatable bonds is 4. The van der Waals surface area contributed by atoms with E-state index in [4.69, 9.17) is 0 Å². The second kappa shape index (κ2) is 4.45. The van der Waals surface area contributed by atoms with Crippen LogP contribution in [0.3, 0.4) is 0 Å². The van der Waals surface area contributed by atoms with E-state index in [0.29, 0.717) is 12.8 Å². The van der Waals surface area contributed by atoms with Crippen LogP contribution in [-0.4, -0.2) is 10.7 Å². The van der Waals surface area contributed by atoms with E-state index in [0.717, 1.165) is 12.8 Å². The maximum atomic E-state index is 11.5. The van der Waals surface area contributed by atoms with Crippen molar-refractivity contribution in [1.82, 2.24) is 0 Å². The van der Waals surface area contributed by atoms with Crippen LogP contribution in [0.15, 0.2) is 12.4 Å². The Morgan fingerprint density at radius 2 is 2.20 bits per heavy atom. The van der Waals surface area contributed by atoms with Crippen LogP contribution in [-0.2, 0) is 0 Å². The molecule has 0 aromatic carbocycles. The SMILES string of the molecule is CCCC(C)(O)CC=CF. The lowest BCUT2D eigenvalue weighted by molar-refractivity contribution is 0.0530. The Morgan fingerprint density at radius 3 is 2.60 bits per heavy atom. The first-order valence-electron chi connectivity index (χ1n) is 3.60. The number of halogens is 1. The van der Waals surface area contributed by atoms with Crippen LogP contribution in [0.1, 0.15) is 33.1 Å². The Balaban J connectivity index is 3.62. The molecule has 0 aliphatic carbocycles. The van der Waals surface area contributed by atoms with E-state index in [-0.39, 0.29) is 0 Å². The van der Waals surface area contributed by atoms with E-state index in [1.165, 1.54) is 6.08 Å². The average molecular weight is 146 g/mol. The molecule has 0 aliphatic heterocycles. The first kappa shape index (κ1) is 9.63. The van der Waals surface area contributed by atoms with Gasteiger partial charge >= 0.3 is 0 Å². The lowest BCUT2D eigenvalue weighted by Gasteiger charge is -2.19. The minimum absolute atomic E-state index is 0.400. The molecule has 60 valence electrons. The minimum Gasteiger partial charge on any atom is -0.390 e. The second-order valence-corrected chi connectivity index (χ2v) is 2.81. The van der Waals surface area contributed by atoms with Gasteiger partial charge in [0, 0.05) is 0 Å². The number of hydrogen-bond donors (Lipinski definition) is 1. The van der Waals surface area contributed by atoms with Crippen LogP contribution in [0.4, 0.5) is 4.39 Å². The third-order valence-corrected chi connectivity index (χ3v) is 1.44. The Hall–Kier alpha value is -0.370. The Labute approximate surface area is 61.6 Å². The Bertz CT molecular complexity index is 108. The van der Waals surface area contributed by atoms with Gasteiger partial charge in [-0.25, -0.2) is 4.39 Å². The zero-order valence-electron chi connectivity index (χ0n) is 6.60. The van der Waals surface area contributed by atoms with Crippen molar-refractivity contribution in [2.45, 2.75) is 38.7 Å². The van der Waals surface area contributed by atoms with Gasteiger partial charge in [-0.15, -0.1) is 0 Å². The van der Waals surface area contributed by atoms with E-state index < -0.39 is 5.60 Å². The zero-order valence-corrected chi connectivity index (χ0v) is 6.60. The standard InChI is InChI=1S/C8H15FO/c1-3-5-8(2,10)6-4-7-9/h4,7,10H,3,5-6H2,1-2H3. The highest BCUT2D eigenvalue weighted by Gasteiger charge is 2.16. The fourth-order valence-corrected chi connectivity index (χ4v) is 0.939. The monoisotopic (exact) mass is 146 g/mol. The first-order valence-corrected chi connectivity index (χ1v) is 3.60. The van der Waals surface area contributed by atoms with Crippen molar-refractivity contribution in [2.75, 3.05) is 0 Å². The molecule has 1 unspecified atom stereocenters. The van der Waals surface area contributed by atoms with Gasteiger partial charge in [0.05, 0.1) is 11.9 Å². The molecule has 10 heavy (non-hydrogen) atoms. The van der Waals surface area contributed by atoms with Crippen molar-refractivity contribution in [2.24, 2.45) is 0 Å². The molecule has 0 radical (unpaired) electrons. The summed E-state index contributed by atoms with van der Waals surface area (Å²) in [6.45, 7) is 3.71. The molecule has 0 heterocycles. The first-order chi connectivity index (χ1) is 4.62. The summed E-state index contributed by atoms with van der Waals surface area (Å²) < 4.78 is 11.5. The van der Waals surface area contributed by atoms with Crippen LogP contribution in [0, 0.1) is 0 Å². The van der Waals surface area contributed by atoms with Crippen LogP contribution in [0.5, 0.6) is 0 Å². The van der Waals surface area contributed by atoms with Crippen molar-refractivity contribution in [3.63, 3.8) is 0 Å². The summed E-state index contributed by atoms with van der Waals surface area (Å²) in [5.41, 5.74) is -0.725. The summed E-state index contributed by atoms with van der Waals surface area (Å²) >= 11 is 0. The highest BCUT2D eigenvalue weighted by atomic mass is 19.1. The van der Waals surface area contributed by atoms with Gasteiger partial charge < -0.3 is 5.11 Å². The van der Waals surface area contributed by atoms with Gasteiger partial charge in [0.1, 0.15) is 0 Å².